The van der Waals surface area contributed by atoms with Gasteiger partial charge in [0.05, 0.1) is 5.56 Å². The maximum atomic E-state index is 11.3. The van der Waals surface area contributed by atoms with Gasteiger partial charge in [-0.15, -0.1) is 0 Å². The molecule has 6 heteroatoms. The van der Waals surface area contributed by atoms with Gasteiger partial charge in [0.1, 0.15) is 12.4 Å². The lowest BCUT2D eigenvalue weighted by Crippen LogP contribution is -2.45. The summed E-state index contributed by atoms with van der Waals surface area (Å²) >= 11 is 0. The summed E-state index contributed by atoms with van der Waals surface area (Å²) in [5.74, 6) is -0.0359. The highest BCUT2D eigenvalue weighted by Gasteiger charge is 2.14. The third-order valence-electron chi connectivity index (χ3n) is 3.53. The quantitative estimate of drug-likeness (QED) is 0.740. The highest BCUT2D eigenvalue weighted by atomic mass is 16.5. The number of anilines is 1. The maximum Gasteiger partial charge on any atom is 0.252 e. The molecule has 1 aromatic rings. The minimum Gasteiger partial charge on any atom is -0.491 e. The molecule has 0 unspecified atom stereocenters. The maximum absolute atomic E-state index is 11.3. The Morgan fingerprint density at radius 1 is 1.30 bits per heavy atom. The van der Waals surface area contributed by atoms with Gasteiger partial charge >= 0.3 is 0 Å². The fourth-order valence-corrected chi connectivity index (χ4v) is 2.22. The molecule has 2 rings (SSSR count). The monoisotopic (exact) mass is 278 g/mol. The van der Waals surface area contributed by atoms with E-state index in [0.717, 1.165) is 32.7 Å². The predicted molar refractivity (Wildman–Crippen MR) is 78.8 cm³/mol. The molecule has 0 bridgehead atoms. The van der Waals surface area contributed by atoms with Crippen molar-refractivity contribution in [3.05, 3.63) is 23.8 Å². The third-order valence-corrected chi connectivity index (χ3v) is 3.53. The van der Waals surface area contributed by atoms with Crippen LogP contribution in [0.25, 0.3) is 0 Å². The van der Waals surface area contributed by atoms with Crippen LogP contribution in [0.1, 0.15) is 10.4 Å². The van der Waals surface area contributed by atoms with Crippen molar-refractivity contribution in [3.63, 3.8) is 0 Å². The van der Waals surface area contributed by atoms with Crippen LogP contribution in [0.2, 0.25) is 0 Å². The van der Waals surface area contributed by atoms with E-state index in [1.165, 1.54) is 0 Å². The number of ether oxygens (including phenoxy) is 1. The molecule has 4 N–H and O–H groups in total. The number of nitrogens with two attached hydrogens (primary N) is 2. The molecule has 1 amide bonds. The highest BCUT2D eigenvalue weighted by molar-refractivity contribution is 5.96. The molecule has 1 saturated heterocycles. The van der Waals surface area contributed by atoms with E-state index in [1.54, 1.807) is 18.2 Å². The summed E-state index contributed by atoms with van der Waals surface area (Å²) in [7, 11) is 2.12. The minimum atomic E-state index is -0.500. The van der Waals surface area contributed by atoms with Crippen LogP contribution in [-0.4, -0.2) is 62.1 Å². The number of primary amides is 1. The van der Waals surface area contributed by atoms with Crippen LogP contribution in [0.15, 0.2) is 18.2 Å². The van der Waals surface area contributed by atoms with E-state index in [9.17, 15) is 4.79 Å². The first-order valence-corrected chi connectivity index (χ1v) is 6.79. The molecule has 0 radical (unpaired) electrons. The normalized spacial score (nSPS) is 17.1. The Bertz CT molecular complexity index is 470. The topological polar surface area (TPSA) is 84.8 Å². The first-order chi connectivity index (χ1) is 9.56. The van der Waals surface area contributed by atoms with Crippen molar-refractivity contribution in [2.75, 3.05) is 52.1 Å². The predicted octanol–water partition coefficient (Wildman–Crippen LogP) is -0.00610. The number of carbonyl (C=O) groups is 1. The zero-order chi connectivity index (χ0) is 14.5. The largest absolute Gasteiger partial charge is 0.491 e. The number of benzene rings is 1. The molecule has 0 saturated carbocycles. The van der Waals surface area contributed by atoms with Crippen LogP contribution in [0.5, 0.6) is 5.75 Å². The average Bonchev–Trinajstić information content (AvgIpc) is 2.41. The number of nitrogen functional groups attached to an aromatic ring is 1. The van der Waals surface area contributed by atoms with Crippen LogP contribution in [0.3, 0.4) is 0 Å². The van der Waals surface area contributed by atoms with Gasteiger partial charge in [-0.1, -0.05) is 0 Å². The van der Waals surface area contributed by atoms with Crippen molar-refractivity contribution in [3.8, 4) is 5.75 Å². The number of carbonyl (C=O) groups excluding carboxylic acids is 1. The SMILES string of the molecule is CN1CCN(CCOc2cc(N)ccc2C(N)=O)CC1. The van der Waals surface area contributed by atoms with Gasteiger partial charge in [0.25, 0.3) is 5.91 Å². The standard InChI is InChI=1S/C14H22N4O2/c1-17-4-6-18(7-5-17)8-9-20-13-10-11(15)2-3-12(13)14(16)19/h2-3,10H,4-9,15H2,1H3,(H2,16,19). The van der Waals surface area contributed by atoms with Crippen LogP contribution in [0.4, 0.5) is 5.69 Å². The molecule has 1 aliphatic heterocycles. The summed E-state index contributed by atoms with van der Waals surface area (Å²) < 4.78 is 5.67. The Morgan fingerprint density at radius 2 is 2.00 bits per heavy atom. The van der Waals surface area contributed by atoms with Crippen molar-refractivity contribution >= 4 is 11.6 Å². The van der Waals surface area contributed by atoms with Gasteiger partial charge in [0.15, 0.2) is 0 Å². The second-order valence-electron chi connectivity index (χ2n) is 5.11. The summed E-state index contributed by atoms with van der Waals surface area (Å²) in [6, 6.07) is 4.89. The van der Waals surface area contributed by atoms with E-state index in [-0.39, 0.29) is 0 Å². The van der Waals surface area contributed by atoms with Gasteiger partial charge in [-0.3, -0.25) is 9.69 Å². The Morgan fingerprint density at radius 3 is 2.65 bits per heavy atom. The number of likely N-dealkylation sites (N-methyl/N-ethyl adjacent to an activating group) is 1. The second-order valence-corrected chi connectivity index (χ2v) is 5.11. The Kier molecular flexibility index (Phi) is 4.81. The van der Waals surface area contributed by atoms with Gasteiger partial charge in [-0.2, -0.15) is 0 Å². The van der Waals surface area contributed by atoms with E-state index in [4.69, 9.17) is 16.2 Å². The molecule has 0 spiro atoms. The van der Waals surface area contributed by atoms with Crippen molar-refractivity contribution in [1.82, 2.24) is 9.80 Å². The summed E-state index contributed by atoms with van der Waals surface area (Å²) in [6.45, 7) is 5.59. The smallest absolute Gasteiger partial charge is 0.252 e. The molecular formula is C14H22N4O2. The average molecular weight is 278 g/mol. The minimum absolute atomic E-state index is 0.373. The van der Waals surface area contributed by atoms with Crippen molar-refractivity contribution in [2.24, 2.45) is 5.73 Å². The number of hydrogen-bond donors (Lipinski definition) is 2. The lowest BCUT2D eigenvalue weighted by atomic mass is 10.1. The number of hydrogen-bond acceptors (Lipinski definition) is 5. The molecule has 1 fully saturated rings. The van der Waals surface area contributed by atoms with Crippen LogP contribution in [-0.2, 0) is 0 Å². The lowest BCUT2D eigenvalue weighted by molar-refractivity contribution is 0.0993. The fourth-order valence-electron chi connectivity index (χ4n) is 2.22. The van der Waals surface area contributed by atoms with Crippen LogP contribution < -0.4 is 16.2 Å². The summed E-state index contributed by atoms with van der Waals surface area (Å²) in [4.78, 5) is 16.0. The first kappa shape index (κ1) is 14.6. The molecule has 6 nitrogen and oxygen atoms in total. The Labute approximate surface area is 119 Å². The number of piperazine rings is 1. The summed E-state index contributed by atoms with van der Waals surface area (Å²) in [5.41, 5.74) is 12.0. The van der Waals surface area contributed by atoms with Gasteiger partial charge in [0.2, 0.25) is 0 Å². The fraction of sp³-hybridized carbons (Fsp3) is 0.500. The van der Waals surface area contributed by atoms with Gasteiger partial charge in [0, 0.05) is 44.5 Å². The molecule has 110 valence electrons. The molecule has 1 heterocycles. The molecular weight excluding hydrogens is 256 g/mol. The second kappa shape index (κ2) is 6.58. The zero-order valence-electron chi connectivity index (χ0n) is 11.8. The first-order valence-electron chi connectivity index (χ1n) is 6.79. The summed E-state index contributed by atoms with van der Waals surface area (Å²) in [6.07, 6.45) is 0. The van der Waals surface area contributed by atoms with Crippen molar-refractivity contribution in [1.29, 1.82) is 0 Å². The van der Waals surface area contributed by atoms with Crippen molar-refractivity contribution in [2.45, 2.75) is 0 Å². The number of nitrogens with zero attached hydrogens (tertiary/aromatic N) is 2. The van der Waals surface area contributed by atoms with E-state index in [2.05, 4.69) is 16.8 Å². The van der Waals surface area contributed by atoms with Gasteiger partial charge < -0.3 is 21.1 Å². The highest BCUT2D eigenvalue weighted by Crippen LogP contribution is 2.21. The van der Waals surface area contributed by atoms with E-state index in [1.807, 2.05) is 0 Å². The van der Waals surface area contributed by atoms with Crippen LogP contribution in [0, 0.1) is 0 Å². The Hall–Kier alpha value is -1.79. The summed E-state index contributed by atoms with van der Waals surface area (Å²) in [5, 5.41) is 0. The number of rotatable bonds is 5. The van der Waals surface area contributed by atoms with Gasteiger partial charge in [-0.25, -0.2) is 0 Å². The molecule has 1 aliphatic rings. The molecule has 0 aromatic heterocycles. The van der Waals surface area contributed by atoms with E-state index in [0.29, 0.717) is 23.6 Å². The molecule has 0 atom stereocenters. The Balaban J connectivity index is 1.87. The lowest BCUT2D eigenvalue weighted by Gasteiger charge is -2.32. The molecule has 1 aromatic carbocycles. The van der Waals surface area contributed by atoms with Crippen molar-refractivity contribution < 1.29 is 9.53 Å². The number of amides is 1. The molecule has 0 aliphatic carbocycles. The zero-order valence-corrected chi connectivity index (χ0v) is 11.8. The third kappa shape index (κ3) is 3.85. The van der Waals surface area contributed by atoms with E-state index < -0.39 is 5.91 Å². The molecule has 20 heavy (non-hydrogen) atoms. The van der Waals surface area contributed by atoms with Gasteiger partial charge in [-0.05, 0) is 19.2 Å². The van der Waals surface area contributed by atoms with Crippen LogP contribution >= 0.6 is 0 Å². The van der Waals surface area contributed by atoms with E-state index >= 15 is 0 Å².